The summed E-state index contributed by atoms with van der Waals surface area (Å²) in [5.74, 6) is 1.85. The first-order chi connectivity index (χ1) is 12.3. The Morgan fingerprint density at radius 3 is 2.72 bits per heavy atom. The second-order valence-corrected chi connectivity index (χ2v) is 6.58. The molecule has 1 fully saturated rings. The lowest BCUT2D eigenvalue weighted by Crippen LogP contribution is -2.00. The second-order valence-electron chi connectivity index (χ2n) is 6.58. The minimum absolute atomic E-state index is 0.313. The molecule has 1 aliphatic rings. The molecule has 132 valence electrons. The molecule has 0 bridgehead atoms. The largest absolute Gasteiger partial charge is 0.497 e. The molecule has 4 nitrogen and oxygen atoms in total. The van der Waals surface area contributed by atoms with E-state index in [1.807, 2.05) is 24.3 Å². The monoisotopic (exact) mass is 339 g/mol. The third-order valence-corrected chi connectivity index (χ3v) is 4.85. The maximum Gasteiger partial charge on any atom is 0.142 e. The summed E-state index contributed by atoms with van der Waals surface area (Å²) in [7, 11) is 1.64. The highest BCUT2D eigenvalue weighted by Crippen LogP contribution is 2.37. The van der Waals surface area contributed by atoms with Gasteiger partial charge in [-0.05, 0) is 59.9 Å². The summed E-state index contributed by atoms with van der Waals surface area (Å²) in [5, 5.41) is 13.3. The van der Waals surface area contributed by atoms with E-state index in [9.17, 15) is 5.11 Å². The van der Waals surface area contributed by atoms with Crippen LogP contribution >= 0.6 is 0 Å². The van der Waals surface area contributed by atoms with Crippen LogP contribution in [0.15, 0.2) is 53.7 Å². The van der Waals surface area contributed by atoms with Gasteiger partial charge in [-0.3, -0.25) is 0 Å². The van der Waals surface area contributed by atoms with Crippen LogP contribution in [0.5, 0.6) is 5.75 Å². The normalized spacial score (nSPS) is 20.1. The van der Waals surface area contributed by atoms with E-state index in [2.05, 4.69) is 29.4 Å². The van der Waals surface area contributed by atoms with E-state index in [0.717, 1.165) is 29.7 Å². The third kappa shape index (κ3) is 4.83. The number of oxime groups is 1. The number of hydrogen-bond donors (Lipinski definition) is 1. The molecule has 0 spiro atoms. The highest BCUT2D eigenvalue weighted by atomic mass is 16.6. The molecule has 0 saturated heterocycles. The lowest BCUT2D eigenvalue weighted by molar-refractivity contribution is 0.132. The van der Waals surface area contributed by atoms with Crippen LogP contribution in [0.25, 0.3) is 0 Å². The fourth-order valence-electron chi connectivity index (χ4n) is 3.36. The Bertz CT molecular complexity index is 697. The standard InChI is InChI=1S/C21H25NO3/c1-24-21-4-2-3-17(12-21)13-22-25-15-16-5-8-19(9-6-16)20-10-7-18(11-20)14-23/h2-6,8-9,12-13,18,20,23H,7,10-11,14-15H2,1H3/b22-13+/t18-,20-/m0/s1. The van der Waals surface area contributed by atoms with Crippen molar-refractivity contribution in [1.82, 2.24) is 0 Å². The molecule has 25 heavy (non-hydrogen) atoms. The molecule has 4 heteroatoms. The highest BCUT2D eigenvalue weighted by molar-refractivity contribution is 5.79. The van der Waals surface area contributed by atoms with Crippen molar-refractivity contribution in [3.63, 3.8) is 0 Å². The molecule has 0 radical (unpaired) electrons. The van der Waals surface area contributed by atoms with E-state index in [1.165, 1.54) is 12.0 Å². The fourth-order valence-corrected chi connectivity index (χ4v) is 3.36. The van der Waals surface area contributed by atoms with E-state index >= 15 is 0 Å². The van der Waals surface area contributed by atoms with E-state index in [0.29, 0.717) is 25.0 Å². The summed E-state index contributed by atoms with van der Waals surface area (Å²) >= 11 is 0. The van der Waals surface area contributed by atoms with Gasteiger partial charge in [0.2, 0.25) is 0 Å². The maximum atomic E-state index is 9.27. The smallest absolute Gasteiger partial charge is 0.142 e. The van der Waals surface area contributed by atoms with Gasteiger partial charge < -0.3 is 14.7 Å². The summed E-state index contributed by atoms with van der Waals surface area (Å²) in [6, 6.07) is 16.2. The average molecular weight is 339 g/mol. The summed E-state index contributed by atoms with van der Waals surface area (Å²) in [6.07, 6.45) is 5.08. The number of aliphatic hydroxyl groups excluding tert-OH is 1. The summed E-state index contributed by atoms with van der Waals surface area (Å²) in [5.41, 5.74) is 3.40. The number of ether oxygens (including phenoxy) is 1. The summed E-state index contributed by atoms with van der Waals surface area (Å²) < 4.78 is 5.18. The molecule has 0 unspecified atom stereocenters. The summed E-state index contributed by atoms with van der Waals surface area (Å²) in [4.78, 5) is 5.39. The molecule has 0 amide bonds. The Labute approximate surface area is 149 Å². The van der Waals surface area contributed by atoms with Gasteiger partial charge in [0.05, 0.1) is 13.3 Å². The highest BCUT2D eigenvalue weighted by Gasteiger charge is 2.24. The first-order valence-electron chi connectivity index (χ1n) is 8.77. The Morgan fingerprint density at radius 1 is 1.16 bits per heavy atom. The minimum Gasteiger partial charge on any atom is -0.497 e. The van der Waals surface area contributed by atoms with Crippen molar-refractivity contribution in [2.24, 2.45) is 11.1 Å². The van der Waals surface area contributed by atoms with Crippen LogP contribution in [0, 0.1) is 5.92 Å². The van der Waals surface area contributed by atoms with Crippen LogP contribution in [-0.2, 0) is 11.4 Å². The topological polar surface area (TPSA) is 51.0 Å². The Balaban J connectivity index is 1.49. The molecule has 2 aromatic carbocycles. The molecule has 0 heterocycles. The minimum atomic E-state index is 0.313. The molecular weight excluding hydrogens is 314 g/mol. The maximum absolute atomic E-state index is 9.27. The van der Waals surface area contributed by atoms with Gasteiger partial charge in [-0.1, -0.05) is 41.6 Å². The molecule has 2 atom stereocenters. The average Bonchev–Trinajstić information content (AvgIpc) is 3.15. The molecule has 0 aliphatic heterocycles. The van der Waals surface area contributed by atoms with Crippen LogP contribution in [-0.4, -0.2) is 25.0 Å². The van der Waals surface area contributed by atoms with Crippen molar-refractivity contribution >= 4 is 6.21 Å². The molecule has 1 aliphatic carbocycles. The van der Waals surface area contributed by atoms with Gasteiger partial charge in [0.25, 0.3) is 0 Å². The van der Waals surface area contributed by atoms with Crippen LogP contribution in [0.1, 0.15) is 41.9 Å². The van der Waals surface area contributed by atoms with Crippen molar-refractivity contribution in [3.8, 4) is 5.75 Å². The van der Waals surface area contributed by atoms with Crippen LogP contribution in [0.4, 0.5) is 0 Å². The Morgan fingerprint density at radius 2 is 2.00 bits per heavy atom. The van der Waals surface area contributed by atoms with Crippen molar-refractivity contribution < 1.29 is 14.7 Å². The van der Waals surface area contributed by atoms with Gasteiger partial charge in [-0.15, -0.1) is 0 Å². The second kappa shape index (κ2) is 8.67. The number of methoxy groups -OCH3 is 1. The Kier molecular flexibility index (Phi) is 6.07. The first-order valence-corrected chi connectivity index (χ1v) is 8.77. The van der Waals surface area contributed by atoms with Gasteiger partial charge in [0, 0.05) is 6.61 Å². The predicted octanol–water partition coefficient (Wildman–Crippen LogP) is 4.12. The molecule has 1 saturated carbocycles. The molecule has 2 aromatic rings. The van der Waals surface area contributed by atoms with Crippen LogP contribution < -0.4 is 4.74 Å². The third-order valence-electron chi connectivity index (χ3n) is 4.85. The lowest BCUT2D eigenvalue weighted by atomic mass is 9.95. The van der Waals surface area contributed by atoms with Gasteiger partial charge in [-0.25, -0.2) is 0 Å². The first kappa shape index (κ1) is 17.5. The van der Waals surface area contributed by atoms with Gasteiger partial charge in [0.15, 0.2) is 0 Å². The van der Waals surface area contributed by atoms with Crippen molar-refractivity contribution in [2.75, 3.05) is 13.7 Å². The van der Waals surface area contributed by atoms with Crippen molar-refractivity contribution in [2.45, 2.75) is 31.8 Å². The van der Waals surface area contributed by atoms with E-state index in [1.54, 1.807) is 13.3 Å². The van der Waals surface area contributed by atoms with Crippen LogP contribution in [0.3, 0.4) is 0 Å². The zero-order valence-electron chi connectivity index (χ0n) is 14.6. The Hall–Kier alpha value is -2.33. The SMILES string of the molecule is COc1cccc(/C=N/OCc2ccc([C@H]3CC[C@H](CO)C3)cc2)c1. The number of rotatable bonds is 7. The quantitative estimate of drug-likeness (QED) is 0.610. The molecule has 0 aromatic heterocycles. The van der Waals surface area contributed by atoms with Gasteiger partial charge >= 0.3 is 0 Å². The number of hydrogen-bond acceptors (Lipinski definition) is 4. The van der Waals surface area contributed by atoms with E-state index in [4.69, 9.17) is 9.57 Å². The number of benzene rings is 2. The van der Waals surface area contributed by atoms with E-state index in [-0.39, 0.29) is 0 Å². The summed E-state index contributed by atoms with van der Waals surface area (Å²) in [6.45, 7) is 0.762. The lowest BCUT2D eigenvalue weighted by Gasteiger charge is -2.11. The molecular formula is C21H25NO3. The fraction of sp³-hybridized carbons (Fsp3) is 0.381. The van der Waals surface area contributed by atoms with Crippen LogP contribution in [0.2, 0.25) is 0 Å². The number of aliphatic hydroxyl groups is 1. The zero-order chi connectivity index (χ0) is 17.5. The molecule has 3 rings (SSSR count). The van der Waals surface area contributed by atoms with Gasteiger partial charge in [0.1, 0.15) is 12.4 Å². The zero-order valence-corrected chi connectivity index (χ0v) is 14.6. The van der Waals surface area contributed by atoms with Gasteiger partial charge in [-0.2, -0.15) is 0 Å². The van der Waals surface area contributed by atoms with E-state index < -0.39 is 0 Å². The van der Waals surface area contributed by atoms with Crippen molar-refractivity contribution in [1.29, 1.82) is 0 Å². The predicted molar refractivity (Wildman–Crippen MR) is 99.0 cm³/mol. The molecule has 1 N–H and O–H groups in total. The van der Waals surface area contributed by atoms with Crippen molar-refractivity contribution in [3.05, 3.63) is 65.2 Å². The number of nitrogens with zero attached hydrogens (tertiary/aromatic N) is 1.